The number of rotatable bonds is 2. The normalized spacial score (nSPS) is 33.2. The fourth-order valence-electron chi connectivity index (χ4n) is 3.16. The van der Waals surface area contributed by atoms with E-state index in [2.05, 4.69) is 10.5 Å². The molecule has 2 aliphatic carbocycles. The van der Waals surface area contributed by atoms with Gasteiger partial charge in [-0.1, -0.05) is 17.3 Å². The lowest BCUT2D eigenvalue weighted by molar-refractivity contribution is 0.312. The fraction of sp³-hybridized carbons (Fsp3) is 0.462. The average molecular weight is 234 g/mol. The second kappa shape index (κ2) is 4.02. The molecule has 0 aliphatic heterocycles. The molecule has 2 fully saturated rings. The highest BCUT2D eigenvalue weighted by Crippen LogP contribution is 2.44. The first-order chi connectivity index (χ1) is 8.29. The van der Waals surface area contributed by atoms with Gasteiger partial charge in [0.15, 0.2) is 0 Å². The van der Waals surface area contributed by atoms with Crippen LogP contribution in [0.3, 0.4) is 0 Å². The molecule has 0 saturated heterocycles. The molecule has 4 heteroatoms. The maximum absolute atomic E-state index is 13.6. The average Bonchev–Trinajstić information content (AvgIpc) is 2.92. The minimum Gasteiger partial charge on any atom is -0.411 e. The number of para-hydroxylation sites is 1. The third-order valence-electron chi connectivity index (χ3n) is 3.98. The number of nitrogens with one attached hydrogen (secondary N) is 1. The Balaban J connectivity index is 1.84. The lowest BCUT2D eigenvalue weighted by atomic mass is 9.93. The molecule has 2 N–H and O–H groups in total. The molecule has 0 unspecified atom stereocenters. The number of halogens is 1. The Bertz CT molecular complexity index is 460. The molecule has 0 amide bonds. The minimum absolute atomic E-state index is 0.00403. The summed E-state index contributed by atoms with van der Waals surface area (Å²) in [6.45, 7) is 0. The molecule has 0 radical (unpaired) electrons. The highest BCUT2D eigenvalue weighted by molar-refractivity contribution is 5.96. The second-order valence-corrected chi connectivity index (χ2v) is 4.90. The van der Waals surface area contributed by atoms with Crippen molar-refractivity contribution in [2.75, 3.05) is 5.32 Å². The fourth-order valence-corrected chi connectivity index (χ4v) is 3.16. The molecule has 2 bridgehead atoms. The van der Waals surface area contributed by atoms with Crippen molar-refractivity contribution in [1.82, 2.24) is 0 Å². The topological polar surface area (TPSA) is 44.6 Å². The molecular weight excluding hydrogens is 219 g/mol. The van der Waals surface area contributed by atoms with Gasteiger partial charge in [-0.25, -0.2) is 4.39 Å². The van der Waals surface area contributed by atoms with Gasteiger partial charge in [0, 0.05) is 5.92 Å². The van der Waals surface area contributed by atoms with Gasteiger partial charge in [0.05, 0.1) is 17.4 Å². The molecular formula is C13H15FN2O. The van der Waals surface area contributed by atoms with E-state index in [-0.39, 0.29) is 11.9 Å². The molecule has 2 aliphatic rings. The van der Waals surface area contributed by atoms with Crippen LogP contribution in [-0.4, -0.2) is 17.0 Å². The number of hydrogen-bond donors (Lipinski definition) is 2. The van der Waals surface area contributed by atoms with Gasteiger partial charge in [0.2, 0.25) is 0 Å². The first-order valence-electron chi connectivity index (χ1n) is 6.02. The number of fused-ring (bicyclic) bond motifs is 2. The van der Waals surface area contributed by atoms with Gasteiger partial charge in [-0.15, -0.1) is 0 Å². The molecule has 3 rings (SSSR count). The van der Waals surface area contributed by atoms with E-state index in [4.69, 9.17) is 5.21 Å². The zero-order valence-electron chi connectivity index (χ0n) is 9.44. The van der Waals surface area contributed by atoms with Crippen LogP contribution < -0.4 is 5.32 Å². The molecule has 3 nitrogen and oxygen atoms in total. The molecule has 3 atom stereocenters. The van der Waals surface area contributed by atoms with Crippen molar-refractivity contribution in [2.45, 2.75) is 25.3 Å². The minimum atomic E-state index is -0.257. The lowest BCUT2D eigenvalue weighted by Gasteiger charge is -2.25. The standard InChI is InChI=1S/C13H15FN2O/c14-10-3-1-2-4-11(10)15-12-8-5-6-9(7-8)13(12)16-17/h1-4,8-9,12,15,17H,5-7H2/b16-13+/t8-,9-,12+/m0/s1. The van der Waals surface area contributed by atoms with Crippen LogP contribution in [-0.2, 0) is 0 Å². The molecule has 0 heterocycles. The van der Waals surface area contributed by atoms with Crippen LogP contribution in [0.2, 0.25) is 0 Å². The van der Waals surface area contributed by atoms with Crippen molar-refractivity contribution in [2.24, 2.45) is 17.0 Å². The summed E-state index contributed by atoms with van der Waals surface area (Å²) in [7, 11) is 0. The summed E-state index contributed by atoms with van der Waals surface area (Å²) in [5.41, 5.74) is 1.29. The molecule has 90 valence electrons. The van der Waals surface area contributed by atoms with E-state index in [1.54, 1.807) is 18.2 Å². The third-order valence-corrected chi connectivity index (χ3v) is 3.98. The molecule has 1 aromatic rings. The monoisotopic (exact) mass is 234 g/mol. The molecule has 17 heavy (non-hydrogen) atoms. The summed E-state index contributed by atoms with van der Waals surface area (Å²) >= 11 is 0. The number of anilines is 1. The van der Waals surface area contributed by atoms with E-state index < -0.39 is 0 Å². The molecule has 0 spiro atoms. The van der Waals surface area contributed by atoms with Gasteiger partial charge in [-0.2, -0.15) is 0 Å². The first kappa shape index (κ1) is 10.6. The van der Waals surface area contributed by atoms with Crippen molar-refractivity contribution in [1.29, 1.82) is 0 Å². The Hall–Kier alpha value is -1.58. The highest BCUT2D eigenvalue weighted by Gasteiger charge is 2.45. The number of hydrogen-bond acceptors (Lipinski definition) is 3. The maximum atomic E-state index is 13.6. The number of nitrogens with zero attached hydrogens (tertiary/aromatic N) is 1. The summed E-state index contributed by atoms with van der Waals surface area (Å²) < 4.78 is 13.6. The Morgan fingerprint density at radius 3 is 2.88 bits per heavy atom. The Labute approximate surface area is 99.3 Å². The Morgan fingerprint density at radius 2 is 2.12 bits per heavy atom. The summed E-state index contributed by atoms with van der Waals surface area (Å²) in [6, 6.07) is 6.62. The third kappa shape index (κ3) is 1.68. The quantitative estimate of drug-likeness (QED) is 0.610. The van der Waals surface area contributed by atoms with Gasteiger partial charge in [0.1, 0.15) is 5.82 Å². The maximum Gasteiger partial charge on any atom is 0.146 e. The first-order valence-corrected chi connectivity index (χ1v) is 6.02. The van der Waals surface area contributed by atoms with E-state index in [0.29, 0.717) is 17.5 Å². The van der Waals surface area contributed by atoms with E-state index in [9.17, 15) is 4.39 Å². The van der Waals surface area contributed by atoms with Crippen LogP contribution in [0.1, 0.15) is 19.3 Å². The van der Waals surface area contributed by atoms with Crippen LogP contribution in [0.4, 0.5) is 10.1 Å². The largest absolute Gasteiger partial charge is 0.411 e. The van der Waals surface area contributed by atoms with E-state index in [1.165, 1.54) is 6.07 Å². The smallest absolute Gasteiger partial charge is 0.146 e. The van der Waals surface area contributed by atoms with E-state index in [0.717, 1.165) is 25.0 Å². The molecule has 2 saturated carbocycles. The van der Waals surface area contributed by atoms with E-state index in [1.807, 2.05) is 0 Å². The highest BCUT2D eigenvalue weighted by atomic mass is 19.1. The number of benzene rings is 1. The van der Waals surface area contributed by atoms with Gasteiger partial charge in [-0.05, 0) is 37.3 Å². The Morgan fingerprint density at radius 1 is 1.29 bits per heavy atom. The van der Waals surface area contributed by atoms with Crippen LogP contribution in [0, 0.1) is 17.7 Å². The number of oxime groups is 1. The summed E-state index contributed by atoms with van der Waals surface area (Å²) in [6.07, 6.45) is 3.29. The SMILES string of the molecule is O/N=C1\[C@H]2CC[C@@H](C2)[C@H]1Nc1ccccc1F. The van der Waals surface area contributed by atoms with Crippen molar-refractivity contribution in [3.05, 3.63) is 30.1 Å². The van der Waals surface area contributed by atoms with Gasteiger partial charge in [-0.3, -0.25) is 0 Å². The van der Waals surface area contributed by atoms with Gasteiger partial charge >= 0.3 is 0 Å². The van der Waals surface area contributed by atoms with Crippen LogP contribution in [0.25, 0.3) is 0 Å². The van der Waals surface area contributed by atoms with Gasteiger partial charge in [0.25, 0.3) is 0 Å². The van der Waals surface area contributed by atoms with Crippen molar-refractivity contribution < 1.29 is 9.60 Å². The zero-order valence-corrected chi connectivity index (χ0v) is 9.44. The van der Waals surface area contributed by atoms with Gasteiger partial charge < -0.3 is 10.5 Å². The predicted octanol–water partition coefficient (Wildman–Crippen LogP) is 2.87. The van der Waals surface area contributed by atoms with Crippen molar-refractivity contribution >= 4 is 11.4 Å². The molecule has 1 aromatic carbocycles. The lowest BCUT2D eigenvalue weighted by Crippen LogP contribution is -2.35. The Kier molecular flexibility index (Phi) is 2.50. The predicted molar refractivity (Wildman–Crippen MR) is 63.9 cm³/mol. The summed E-state index contributed by atoms with van der Waals surface area (Å²) in [5, 5.41) is 15.6. The van der Waals surface area contributed by atoms with Crippen LogP contribution in [0.5, 0.6) is 0 Å². The van der Waals surface area contributed by atoms with Crippen LogP contribution >= 0.6 is 0 Å². The summed E-state index contributed by atoms with van der Waals surface area (Å²) in [5.74, 6) is 0.604. The molecule has 0 aromatic heterocycles. The van der Waals surface area contributed by atoms with E-state index >= 15 is 0 Å². The summed E-state index contributed by atoms with van der Waals surface area (Å²) in [4.78, 5) is 0. The van der Waals surface area contributed by atoms with Crippen molar-refractivity contribution in [3.63, 3.8) is 0 Å². The zero-order chi connectivity index (χ0) is 11.8. The second-order valence-electron chi connectivity index (χ2n) is 4.90. The van der Waals surface area contributed by atoms with Crippen molar-refractivity contribution in [3.8, 4) is 0 Å². The van der Waals surface area contributed by atoms with Crippen LogP contribution in [0.15, 0.2) is 29.4 Å².